The van der Waals surface area contributed by atoms with Crippen molar-refractivity contribution in [1.29, 1.82) is 0 Å². The molecule has 0 aliphatic carbocycles. The van der Waals surface area contributed by atoms with Crippen molar-refractivity contribution in [2.24, 2.45) is 0 Å². The van der Waals surface area contributed by atoms with Gasteiger partial charge in [-0.05, 0) is 47.3 Å². The van der Waals surface area contributed by atoms with Crippen LogP contribution in [0.15, 0.2) is 35.1 Å². The molecule has 9 nitrogen and oxygen atoms in total. The predicted octanol–water partition coefficient (Wildman–Crippen LogP) is 2.89. The number of hydrogen-bond donors (Lipinski definition) is 2. The standard InChI is InChI=1S/C16H17BrN6O3/c17-12-7-3-2-6-11(12)16(24)21-20-14-13(23(25)26)15(19-10-18-14)22-8-4-1-5-9-22/h2-3,6-7,10H,1,4-5,8-9H2,(H,21,24)(H,18,19,20). The zero-order chi connectivity index (χ0) is 18.5. The predicted molar refractivity (Wildman–Crippen MR) is 100.0 cm³/mol. The van der Waals surface area contributed by atoms with Crippen molar-refractivity contribution in [3.05, 3.63) is 50.7 Å². The second-order valence-electron chi connectivity index (χ2n) is 5.76. The Hall–Kier alpha value is -2.75. The molecule has 26 heavy (non-hydrogen) atoms. The third kappa shape index (κ3) is 3.90. The first-order valence-electron chi connectivity index (χ1n) is 8.13. The van der Waals surface area contributed by atoms with Gasteiger partial charge >= 0.3 is 5.69 Å². The summed E-state index contributed by atoms with van der Waals surface area (Å²) in [5, 5.41) is 11.6. The van der Waals surface area contributed by atoms with Crippen LogP contribution in [0.1, 0.15) is 29.6 Å². The second-order valence-corrected chi connectivity index (χ2v) is 6.61. The fourth-order valence-electron chi connectivity index (χ4n) is 2.79. The minimum absolute atomic E-state index is 0.0500. The van der Waals surface area contributed by atoms with E-state index in [1.54, 1.807) is 24.3 Å². The van der Waals surface area contributed by atoms with Crippen molar-refractivity contribution < 1.29 is 9.72 Å². The summed E-state index contributed by atoms with van der Waals surface area (Å²) in [6, 6.07) is 6.88. The number of hydrogen-bond acceptors (Lipinski definition) is 7. The number of nitrogens with one attached hydrogen (secondary N) is 2. The van der Waals surface area contributed by atoms with E-state index in [-0.39, 0.29) is 17.3 Å². The number of carbonyl (C=O) groups is 1. The fraction of sp³-hybridized carbons (Fsp3) is 0.312. The summed E-state index contributed by atoms with van der Waals surface area (Å²) in [6.45, 7) is 1.42. The average molecular weight is 421 g/mol. The van der Waals surface area contributed by atoms with Gasteiger partial charge in [0, 0.05) is 17.6 Å². The average Bonchev–Trinajstić information content (AvgIpc) is 2.66. The molecule has 1 aromatic heterocycles. The van der Waals surface area contributed by atoms with E-state index in [0.717, 1.165) is 19.3 Å². The maximum Gasteiger partial charge on any atom is 0.355 e. The molecule has 1 amide bonds. The number of halogens is 1. The number of carbonyl (C=O) groups excluding carboxylic acids is 1. The van der Waals surface area contributed by atoms with Crippen molar-refractivity contribution in [1.82, 2.24) is 15.4 Å². The van der Waals surface area contributed by atoms with Crippen LogP contribution in [-0.4, -0.2) is 33.9 Å². The number of anilines is 2. The molecule has 1 aliphatic heterocycles. The highest BCUT2D eigenvalue weighted by Crippen LogP contribution is 2.32. The number of piperidine rings is 1. The minimum Gasteiger partial charge on any atom is -0.351 e. The molecule has 136 valence electrons. The topological polar surface area (TPSA) is 113 Å². The van der Waals surface area contributed by atoms with Gasteiger partial charge < -0.3 is 4.90 Å². The summed E-state index contributed by atoms with van der Waals surface area (Å²) >= 11 is 3.30. The van der Waals surface area contributed by atoms with Crippen LogP contribution in [0.4, 0.5) is 17.3 Å². The van der Waals surface area contributed by atoms with Crippen molar-refractivity contribution in [2.75, 3.05) is 23.4 Å². The van der Waals surface area contributed by atoms with Gasteiger partial charge in [-0.25, -0.2) is 9.97 Å². The molecule has 0 bridgehead atoms. The quantitative estimate of drug-likeness (QED) is 0.564. The van der Waals surface area contributed by atoms with Crippen LogP contribution in [0.25, 0.3) is 0 Å². The number of nitro groups is 1. The number of aromatic nitrogens is 2. The fourth-order valence-corrected chi connectivity index (χ4v) is 3.26. The summed E-state index contributed by atoms with van der Waals surface area (Å²) in [4.78, 5) is 33.2. The van der Waals surface area contributed by atoms with E-state index in [1.807, 2.05) is 4.90 Å². The zero-order valence-corrected chi connectivity index (χ0v) is 15.4. The van der Waals surface area contributed by atoms with Gasteiger partial charge in [0.2, 0.25) is 11.6 Å². The number of amides is 1. The van der Waals surface area contributed by atoms with Gasteiger partial charge in [0.1, 0.15) is 6.33 Å². The Labute approximate surface area is 158 Å². The number of benzene rings is 1. The lowest BCUT2D eigenvalue weighted by molar-refractivity contribution is -0.383. The molecule has 1 aliphatic rings. The number of rotatable bonds is 5. The van der Waals surface area contributed by atoms with Gasteiger partial charge in [0.15, 0.2) is 0 Å². The lowest BCUT2D eigenvalue weighted by Gasteiger charge is -2.27. The molecule has 1 fully saturated rings. The molecule has 1 aromatic carbocycles. The molecule has 0 unspecified atom stereocenters. The molecule has 1 saturated heterocycles. The van der Waals surface area contributed by atoms with Gasteiger partial charge in [-0.2, -0.15) is 0 Å². The van der Waals surface area contributed by atoms with Gasteiger partial charge in [-0.15, -0.1) is 0 Å². The van der Waals surface area contributed by atoms with E-state index in [0.29, 0.717) is 23.1 Å². The second kappa shape index (κ2) is 8.09. The Balaban J connectivity index is 1.82. The summed E-state index contributed by atoms with van der Waals surface area (Å²) < 4.78 is 0.616. The molecule has 2 heterocycles. The molecule has 3 rings (SSSR count). The molecule has 0 radical (unpaired) electrons. The van der Waals surface area contributed by atoms with Crippen molar-refractivity contribution in [2.45, 2.75) is 19.3 Å². The Kier molecular flexibility index (Phi) is 5.61. The molecule has 0 saturated carbocycles. The van der Waals surface area contributed by atoms with Crippen LogP contribution in [0, 0.1) is 10.1 Å². The molecular weight excluding hydrogens is 404 g/mol. The van der Waals surface area contributed by atoms with Crippen molar-refractivity contribution in [3.8, 4) is 0 Å². The third-order valence-corrected chi connectivity index (χ3v) is 4.75. The van der Waals surface area contributed by atoms with Crippen LogP contribution < -0.4 is 15.8 Å². The van der Waals surface area contributed by atoms with Crippen LogP contribution in [0.2, 0.25) is 0 Å². The molecule has 10 heteroatoms. The monoisotopic (exact) mass is 420 g/mol. The normalized spacial score (nSPS) is 14.0. The molecular formula is C16H17BrN6O3. The van der Waals surface area contributed by atoms with Gasteiger partial charge in [0.05, 0.1) is 10.5 Å². The minimum atomic E-state index is -0.531. The van der Waals surface area contributed by atoms with E-state index in [1.165, 1.54) is 6.33 Å². The maximum atomic E-state index is 12.3. The number of hydrazine groups is 1. The SMILES string of the molecule is O=C(NNc1ncnc(N2CCCCC2)c1[N+](=O)[O-])c1ccccc1Br. The van der Waals surface area contributed by atoms with E-state index >= 15 is 0 Å². The van der Waals surface area contributed by atoms with Crippen LogP contribution in [0.5, 0.6) is 0 Å². The van der Waals surface area contributed by atoms with Gasteiger partial charge in [-0.1, -0.05) is 12.1 Å². The summed E-state index contributed by atoms with van der Waals surface area (Å²) in [6.07, 6.45) is 4.28. The van der Waals surface area contributed by atoms with Crippen LogP contribution in [0.3, 0.4) is 0 Å². The highest BCUT2D eigenvalue weighted by molar-refractivity contribution is 9.10. The smallest absolute Gasteiger partial charge is 0.351 e. The lowest BCUT2D eigenvalue weighted by Crippen LogP contribution is -2.33. The summed E-state index contributed by atoms with van der Waals surface area (Å²) in [7, 11) is 0. The van der Waals surface area contributed by atoms with E-state index in [9.17, 15) is 14.9 Å². The lowest BCUT2D eigenvalue weighted by atomic mass is 10.1. The largest absolute Gasteiger partial charge is 0.355 e. The first-order chi connectivity index (χ1) is 12.6. The van der Waals surface area contributed by atoms with Crippen LogP contribution >= 0.6 is 15.9 Å². The molecule has 2 N–H and O–H groups in total. The van der Waals surface area contributed by atoms with Crippen molar-refractivity contribution in [3.63, 3.8) is 0 Å². The Morgan fingerprint density at radius 1 is 1.19 bits per heavy atom. The van der Waals surface area contributed by atoms with Crippen LogP contribution in [-0.2, 0) is 0 Å². The Morgan fingerprint density at radius 3 is 2.62 bits per heavy atom. The first kappa shape index (κ1) is 18.1. The van der Waals surface area contributed by atoms with E-state index in [4.69, 9.17) is 0 Å². The third-order valence-electron chi connectivity index (χ3n) is 4.05. The molecule has 0 spiro atoms. The van der Waals surface area contributed by atoms with E-state index in [2.05, 4.69) is 36.7 Å². The number of nitrogens with zero attached hydrogens (tertiary/aromatic N) is 4. The Morgan fingerprint density at radius 2 is 1.92 bits per heavy atom. The summed E-state index contributed by atoms with van der Waals surface area (Å²) in [5.74, 6) is -0.224. The highest BCUT2D eigenvalue weighted by atomic mass is 79.9. The van der Waals surface area contributed by atoms with Crippen molar-refractivity contribution >= 4 is 39.2 Å². The zero-order valence-electron chi connectivity index (χ0n) is 13.8. The maximum absolute atomic E-state index is 12.3. The molecule has 2 aromatic rings. The van der Waals surface area contributed by atoms with Gasteiger partial charge in [-0.3, -0.25) is 25.8 Å². The van der Waals surface area contributed by atoms with Gasteiger partial charge in [0.25, 0.3) is 5.91 Å². The molecule has 0 atom stereocenters. The van der Waals surface area contributed by atoms with E-state index < -0.39 is 10.8 Å². The first-order valence-corrected chi connectivity index (χ1v) is 8.92. The Bertz CT molecular complexity index is 825. The summed E-state index contributed by atoms with van der Waals surface area (Å²) in [5.41, 5.74) is 5.16. The highest BCUT2D eigenvalue weighted by Gasteiger charge is 2.28.